The average Bonchev–Trinajstić information content (AvgIpc) is 3.93. The van der Waals surface area contributed by atoms with Crippen LogP contribution in [0.4, 0.5) is 0 Å². The molecule has 0 atom stereocenters. The van der Waals surface area contributed by atoms with Crippen molar-refractivity contribution in [3.05, 3.63) is 212 Å². The molecule has 0 unspecified atom stereocenters. The molecule has 3 aromatic heterocycles. The Labute approximate surface area is 366 Å². The maximum Gasteiger partial charge on any atom is 0.164 e. The first-order valence-electron chi connectivity index (χ1n) is 20.7. The van der Waals surface area contributed by atoms with Crippen molar-refractivity contribution in [3.8, 4) is 78.7 Å². The Bertz CT molecular complexity index is 3380. The first-order valence-corrected chi connectivity index (χ1v) is 22.4. The van der Waals surface area contributed by atoms with Crippen molar-refractivity contribution in [1.29, 1.82) is 0 Å². The maximum atomic E-state index is 5.31. The topological polar surface area (TPSA) is 38.7 Å². The molecule has 0 amide bonds. The molecule has 0 bridgehead atoms. The van der Waals surface area contributed by atoms with Crippen molar-refractivity contribution >= 4 is 63.0 Å². The maximum absolute atomic E-state index is 5.31. The van der Waals surface area contributed by atoms with Crippen molar-refractivity contribution in [2.24, 2.45) is 0 Å². The van der Waals surface area contributed by atoms with Gasteiger partial charge in [0, 0.05) is 57.0 Å². The van der Waals surface area contributed by atoms with Crippen LogP contribution >= 0.6 is 22.7 Å². The van der Waals surface area contributed by atoms with Gasteiger partial charge in [-0.3, -0.25) is 0 Å². The Hall–Kier alpha value is -7.57. The molecular formula is C57H35N3S2. The van der Waals surface area contributed by atoms with E-state index in [1.54, 1.807) is 0 Å². The Morgan fingerprint density at radius 3 is 1.03 bits per heavy atom. The van der Waals surface area contributed by atoms with Gasteiger partial charge in [-0.05, 0) is 74.8 Å². The van der Waals surface area contributed by atoms with Gasteiger partial charge in [-0.2, -0.15) is 0 Å². The first-order chi connectivity index (χ1) is 30.7. The number of nitrogens with zero attached hydrogens (tertiary/aromatic N) is 3. The zero-order chi connectivity index (χ0) is 41.0. The quantitative estimate of drug-likeness (QED) is 0.161. The zero-order valence-corrected chi connectivity index (χ0v) is 35.0. The molecule has 12 aromatic rings. The molecule has 62 heavy (non-hydrogen) atoms. The van der Waals surface area contributed by atoms with E-state index in [0.29, 0.717) is 17.5 Å². The van der Waals surface area contributed by atoms with Crippen LogP contribution in [0, 0.1) is 0 Å². The van der Waals surface area contributed by atoms with Gasteiger partial charge < -0.3 is 0 Å². The fourth-order valence-corrected chi connectivity index (χ4v) is 11.1. The molecule has 0 aliphatic rings. The highest BCUT2D eigenvalue weighted by atomic mass is 32.1. The summed E-state index contributed by atoms with van der Waals surface area (Å²) in [5.41, 5.74) is 12.0. The molecule has 5 heteroatoms. The van der Waals surface area contributed by atoms with Crippen LogP contribution in [0.15, 0.2) is 212 Å². The third-order valence-corrected chi connectivity index (χ3v) is 14.2. The lowest BCUT2D eigenvalue weighted by Gasteiger charge is -2.14. The molecule has 3 nitrogen and oxygen atoms in total. The molecule has 0 fully saturated rings. The molecule has 0 saturated carbocycles. The Morgan fingerprint density at radius 1 is 0.242 bits per heavy atom. The number of rotatable bonds is 7. The summed E-state index contributed by atoms with van der Waals surface area (Å²) in [6.45, 7) is 0. The summed E-state index contributed by atoms with van der Waals surface area (Å²) >= 11 is 3.70. The Morgan fingerprint density at radius 2 is 0.581 bits per heavy atom. The van der Waals surface area contributed by atoms with E-state index < -0.39 is 0 Å². The van der Waals surface area contributed by atoms with E-state index in [2.05, 4.69) is 200 Å². The van der Waals surface area contributed by atoms with Gasteiger partial charge in [0.25, 0.3) is 0 Å². The second-order valence-electron chi connectivity index (χ2n) is 15.6. The van der Waals surface area contributed by atoms with Crippen molar-refractivity contribution in [2.45, 2.75) is 0 Å². The van der Waals surface area contributed by atoms with Crippen LogP contribution < -0.4 is 0 Å². The molecule has 0 radical (unpaired) electrons. The first kappa shape index (κ1) is 36.3. The molecule has 0 N–H and O–H groups in total. The third-order valence-electron chi connectivity index (χ3n) is 11.8. The second kappa shape index (κ2) is 15.2. The molecule has 0 saturated heterocycles. The average molecular weight is 826 g/mol. The molecule has 9 aromatic carbocycles. The largest absolute Gasteiger partial charge is 0.208 e. The lowest BCUT2D eigenvalue weighted by atomic mass is 9.94. The van der Waals surface area contributed by atoms with E-state index in [0.717, 1.165) is 38.9 Å². The molecule has 3 heterocycles. The fraction of sp³-hybridized carbons (Fsp3) is 0. The molecule has 0 aliphatic heterocycles. The van der Waals surface area contributed by atoms with E-state index in [1.807, 2.05) is 34.8 Å². The summed E-state index contributed by atoms with van der Waals surface area (Å²) in [5, 5.41) is 5.10. The molecular weight excluding hydrogens is 791 g/mol. The van der Waals surface area contributed by atoms with Gasteiger partial charge >= 0.3 is 0 Å². The summed E-state index contributed by atoms with van der Waals surface area (Å²) in [5.74, 6) is 1.88. The molecule has 12 rings (SSSR count). The zero-order valence-electron chi connectivity index (χ0n) is 33.4. The van der Waals surface area contributed by atoms with Gasteiger partial charge in [0.2, 0.25) is 0 Å². The third kappa shape index (κ3) is 6.47. The fourth-order valence-electron chi connectivity index (χ4n) is 8.66. The minimum atomic E-state index is 0.624. The van der Waals surface area contributed by atoms with Crippen LogP contribution in [-0.2, 0) is 0 Å². The second-order valence-corrected chi connectivity index (χ2v) is 17.7. The minimum Gasteiger partial charge on any atom is -0.208 e. The summed E-state index contributed by atoms with van der Waals surface area (Å²) in [6, 6.07) is 75.7. The predicted octanol–water partition coefficient (Wildman–Crippen LogP) is 16.3. The number of thiophene rings is 2. The molecule has 0 spiro atoms. The standard InChI is InChI=1S/C57H35N3S2/c1-3-13-36(14-4-1)38-25-29-40(30-26-38)55-58-56(41-31-27-39(28-32-41)37-15-5-2-6-16-37)60-57(59-55)44-34-42(45-19-11-21-49-47-17-7-9-23-51(47)61-53(45)49)33-43(35-44)46-20-12-22-50-48-18-8-10-24-52(48)62-54(46)50/h1-35H. The highest BCUT2D eigenvalue weighted by Gasteiger charge is 2.19. The Balaban J connectivity index is 1.08. The SMILES string of the molecule is c1ccc(-c2ccc(-c3nc(-c4ccc(-c5ccccc5)cc4)nc(-c4cc(-c5cccc6c5sc5ccccc56)cc(-c5cccc6c5sc5ccccc56)c4)n3)cc2)cc1. The van der Waals surface area contributed by atoms with Crippen LogP contribution in [-0.4, -0.2) is 15.0 Å². The monoisotopic (exact) mass is 825 g/mol. The van der Waals surface area contributed by atoms with Crippen molar-refractivity contribution < 1.29 is 0 Å². The van der Waals surface area contributed by atoms with Crippen molar-refractivity contribution in [3.63, 3.8) is 0 Å². The normalized spacial score (nSPS) is 11.5. The van der Waals surface area contributed by atoms with Crippen LogP contribution in [0.1, 0.15) is 0 Å². The van der Waals surface area contributed by atoms with Gasteiger partial charge in [-0.15, -0.1) is 22.7 Å². The van der Waals surface area contributed by atoms with Gasteiger partial charge in [-0.1, -0.05) is 182 Å². The van der Waals surface area contributed by atoms with Crippen LogP contribution in [0.2, 0.25) is 0 Å². The summed E-state index contributed by atoms with van der Waals surface area (Å²) in [6.07, 6.45) is 0. The lowest BCUT2D eigenvalue weighted by molar-refractivity contribution is 1.07. The van der Waals surface area contributed by atoms with E-state index in [9.17, 15) is 0 Å². The highest BCUT2D eigenvalue weighted by molar-refractivity contribution is 7.26. The minimum absolute atomic E-state index is 0.624. The summed E-state index contributed by atoms with van der Waals surface area (Å²) in [4.78, 5) is 15.8. The van der Waals surface area contributed by atoms with E-state index in [-0.39, 0.29) is 0 Å². The number of benzene rings is 9. The van der Waals surface area contributed by atoms with E-state index in [1.165, 1.54) is 62.6 Å². The van der Waals surface area contributed by atoms with Crippen LogP contribution in [0.3, 0.4) is 0 Å². The van der Waals surface area contributed by atoms with Gasteiger partial charge in [0.15, 0.2) is 17.5 Å². The van der Waals surface area contributed by atoms with Gasteiger partial charge in [-0.25, -0.2) is 15.0 Å². The van der Waals surface area contributed by atoms with Crippen molar-refractivity contribution in [2.75, 3.05) is 0 Å². The number of hydrogen-bond donors (Lipinski definition) is 0. The molecule has 290 valence electrons. The number of fused-ring (bicyclic) bond motifs is 6. The summed E-state index contributed by atoms with van der Waals surface area (Å²) in [7, 11) is 0. The lowest BCUT2D eigenvalue weighted by Crippen LogP contribution is -2.01. The van der Waals surface area contributed by atoms with E-state index >= 15 is 0 Å². The van der Waals surface area contributed by atoms with Gasteiger partial charge in [0.1, 0.15) is 0 Å². The molecule has 0 aliphatic carbocycles. The van der Waals surface area contributed by atoms with Crippen LogP contribution in [0.25, 0.3) is 119 Å². The highest BCUT2D eigenvalue weighted by Crippen LogP contribution is 2.45. The van der Waals surface area contributed by atoms with E-state index in [4.69, 9.17) is 15.0 Å². The Kier molecular flexibility index (Phi) is 8.87. The number of aromatic nitrogens is 3. The van der Waals surface area contributed by atoms with Gasteiger partial charge in [0.05, 0.1) is 0 Å². The number of hydrogen-bond acceptors (Lipinski definition) is 5. The summed E-state index contributed by atoms with van der Waals surface area (Å²) < 4.78 is 5.10. The smallest absolute Gasteiger partial charge is 0.164 e. The van der Waals surface area contributed by atoms with Crippen LogP contribution in [0.5, 0.6) is 0 Å². The van der Waals surface area contributed by atoms with Crippen molar-refractivity contribution in [1.82, 2.24) is 15.0 Å². The predicted molar refractivity (Wildman–Crippen MR) is 264 cm³/mol.